The highest BCUT2D eigenvalue weighted by Gasteiger charge is 2.17. The van der Waals surface area contributed by atoms with Crippen molar-refractivity contribution in [2.24, 2.45) is 12.8 Å². The number of ether oxygens (including phenoxy) is 1. The van der Waals surface area contributed by atoms with E-state index in [2.05, 4.69) is 10.4 Å². The number of carbonyl (C=O) groups is 1. The minimum atomic E-state index is -0.683. The van der Waals surface area contributed by atoms with Gasteiger partial charge in [0.25, 0.3) is 0 Å². The SMILES string of the molecule is COC(C)CNC(=O)C(N)c1cnn(C)c1. The minimum absolute atomic E-state index is 0.0231. The molecule has 1 aromatic heterocycles. The van der Waals surface area contributed by atoms with Crippen molar-refractivity contribution in [3.8, 4) is 0 Å². The highest BCUT2D eigenvalue weighted by Crippen LogP contribution is 2.08. The van der Waals surface area contributed by atoms with Gasteiger partial charge in [0.05, 0.1) is 12.3 Å². The van der Waals surface area contributed by atoms with E-state index in [0.717, 1.165) is 0 Å². The molecule has 0 aliphatic carbocycles. The molecule has 0 fully saturated rings. The Morgan fingerprint density at radius 1 is 1.75 bits per heavy atom. The van der Waals surface area contributed by atoms with Gasteiger partial charge < -0.3 is 15.8 Å². The Morgan fingerprint density at radius 2 is 2.44 bits per heavy atom. The van der Waals surface area contributed by atoms with Crippen molar-refractivity contribution in [2.45, 2.75) is 19.1 Å². The van der Waals surface area contributed by atoms with Gasteiger partial charge in [0.2, 0.25) is 5.91 Å². The zero-order chi connectivity index (χ0) is 12.1. The van der Waals surface area contributed by atoms with E-state index in [1.165, 1.54) is 0 Å². The number of aromatic nitrogens is 2. The van der Waals surface area contributed by atoms with Gasteiger partial charge in [-0.05, 0) is 6.92 Å². The van der Waals surface area contributed by atoms with Crippen LogP contribution in [0.4, 0.5) is 0 Å². The molecule has 0 saturated carbocycles. The first-order valence-corrected chi connectivity index (χ1v) is 5.09. The smallest absolute Gasteiger partial charge is 0.241 e. The molecule has 0 saturated heterocycles. The highest BCUT2D eigenvalue weighted by atomic mass is 16.5. The predicted octanol–water partition coefficient (Wildman–Crippen LogP) is -0.429. The number of methoxy groups -OCH3 is 1. The summed E-state index contributed by atoms with van der Waals surface area (Å²) in [5.74, 6) is -0.225. The fraction of sp³-hybridized carbons (Fsp3) is 0.600. The van der Waals surface area contributed by atoms with Crippen molar-refractivity contribution >= 4 is 5.91 Å². The monoisotopic (exact) mass is 226 g/mol. The van der Waals surface area contributed by atoms with E-state index in [1.807, 2.05) is 6.92 Å². The average molecular weight is 226 g/mol. The molecule has 2 atom stereocenters. The molecule has 1 amide bonds. The summed E-state index contributed by atoms with van der Waals surface area (Å²) in [4.78, 5) is 11.6. The molecule has 6 nitrogen and oxygen atoms in total. The molecule has 0 aromatic carbocycles. The first-order valence-electron chi connectivity index (χ1n) is 5.09. The Hall–Kier alpha value is -1.40. The first kappa shape index (κ1) is 12.7. The van der Waals surface area contributed by atoms with Crippen LogP contribution in [0.15, 0.2) is 12.4 Å². The Morgan fingerprint density at radius 3 is 2.94 bits per heavy atom. The van der Waals surface area contributed by atoms with Gasteiger partial charge in [-0.15, -0.1) is 0 Å². The van der Waals surface area contributed by atoms with E-state index in [0.29, 0.717) is 12.1 Å². The van der Waals surface area contributed by atoms with E-state index in [-0.39, 0.29) is 12.0 Å². The zero-order valence-electron chi connectivity index (χ0n) is 9.80. The van der Waals surface area contributed by atoms with Crippen molar-refractivity contribution < 1.29 is 9.53 Å². The fourth-order valence-electron chi connectivity index (χ4n) is 1.19. The molecule has 2 unspecified atom stereocenters. The van der Waals surface area contributed by atoms with Gasteiger partial charge in [-0.3, -0.25) is 9.48 Å². The zero-order valence-corrected chi connectivity index (χ0v) is 9.80. The molecule has 3 N–H and O–H groups in total. The minimum Gasteiger partial charge on any atom is -0.380 e. The molecule has 90 valence electrons. The standard InChI is InChI=1S/C10H18N4O2/c1-7(16-3)4-12-10(15)9(11)8-5-13-14(2)6-8/h5-7,9H,4,11H2,1-3H3,(H,12,15). The van der Waals surface area contributed by atoms with Crippen LogP contribution in [0.3, 0.4) is 0 Å². The van der Waals surface area contributed by atoms with Crippen LogP contribution in [-0.4, -0.2) is 35.4 Å². The number of hydrogen-bond acceptors (Lipinski definition) is 4. The topological polar surface area (TPSA) is 82.2 Å². The molecule has 0 radical (unpaired) electrons. The lowest BCUT2D eigenvalue weighted by Gasteiger charge is -2.13. The van der Waals surface area contributed by atoms with Crippen molar-refractivity contribution in [1.82, 2.24) is 15.1 Å². The van der Waals surface area contributed by atoms with Crippen LogP contribution in [0.1, 0.15) is 18.5 Å². The van der Waals surface area contributed by atoms with Crippen LogP contribution in [0.5, 0.6) is 0 Å². The van der Waals surface area contributed by atoms with E-state index < -0.39 is 6.04 Å². The number of nitrogens with zero attached hydrogens (tertiary/aromatic N) is 2. The van der Waals surface area contributed by atoms with Crippen LogP contribution in [0, 0.1) is 0 Å². The van der Waals surface area contributed by atoms with Crippen molar-refractivity contribution in [3.05, 3.63) is 18.0 Å². The van der Waals surface area contributed by atoms with E-state index in [1.54, 1.807) is 31.2 Å². The molecule has 1 aromatic rings. The van der Waals surface area contributed by atoms with Crippen molar-refractivity contribution in [3.63, 3.8) is 0 Å². The summed E-state index contributed by atoms with van der Waals surface area (Å²) in [6.07, 6.45) is 3.29. The van der Waals surface area contributed by atoms with E-state index in [4.69, 9.17) is 10.5 Å². The van der Waals surface area contributed by atoms with Gasteiger partial charge in [0, 0.05) is 32.5 Å². The Labute approximate surface area is 94.8 Å². The summed E-state index contributed by atoms with van der Waals surface area (Å²) in [5, 5.41) is 6.68. The summed E-state index contributed by atoms with van der Waals surface area (Å²) in [6.45, 7) is 2.32. The molecule has 0 aliphatic heterocycles. The van der Waals surface area contributed by atoms with Crippen LogP contribution in [0.2, 0.25) is 0 Å². The van der Waals surface area contributed by atoms with Gasteiger partial charge in [-0.25, -0.2) is 0 Å². The van der Waals surface area contributed by atoms with E-state index in [9.17, 15) is 4.79 Å². The number of amides is 1. The van der Waals surface area contributed by atoms with Crippen molar-refractivity contribution in [2.75, 3.05) is 13.7 Å². The fourth-order valence-corrected chi connectivity index (χ4v) is 1.19. The lowest BCUT2D eigenvalue weighted by Crippen LogP contribution is -2.38. The molecule has 6 heteroatoms. The Bertz CT molecular complexity index is 350. The van der Waals surface area contributed by atoms with Crippen LogP contribution in [0.25, 0.3) is 0 Å². The third-order valence-electron chi connectivity index (χ3n) is 2.33. The summed E-state index contributed by atoms with van der Waals surface area (Å²) in [7, 11) is 3.37. The number of hydrogen-bond donors (Lipinski definition) is 2. The van der Waals surface area contributed by atoms with Crippen LogP contribution in [-0.2, 0) is 16.6 Å². The lowest BCUT2D eigenvalue weighted by molar-refractivity contribution is -0.123. The number of nitrogens with two attached hydrogens (primary N) is 1. The second-order valence-electron chi connectivity index (χ2n) is 3.72. The van der Waals surface area contributed by atoms with Gasteiger partial charge in [0.15, 0.2) is 0 Å². The largest absolute Gasteiger partial charge is 0.380 e. The maximum absolute atomic E-state index is 11.6. The van der Waals surface area contributed by atoms with Gasteiger partial charge in [-0.1, -0.05) is 0 Å². The Balaban J connectivity index is 2.48. The molecule has 1 heterocycles. The molecular weight excluding hydrogens is 208 g/mol. The van der Waals surface area contributed by atoms with Gasteiger partial charge in [0.1, 0.15) is 6.04 Å². The first-order chi connectivity index (χ1) is 7.54. The second kappa shape index (κ2) is 5.62. The van der Waals surface area contributed by atoms with Crippen molar-refractivity contribution in [1.29, 1.82) is 0 Å². The normalized spacial score (nSPS) is 14.5. The van der Waals surface area contributed by atoms with Crippen LogP contribution >= 0.6 is 0 Å². The maximum atomic E-state index is 11.6. The van der Waals surface area contributed by atoms with Gasteiger partial charge >= 0.3 is 0 Å². The Kier molecular flexibility index (Phi) is 4.45. The molecular formula is C10H18N4O2. The number of aryl methyl sites for hydroxylation is 1. The molecule has 1 rings (SSSR count). The summed E-state index contributed by atoms with van der Waals surface area (Å²) in [5.41, 5.74) is 6.47. The van der Waals surface area contributed by atoms with Gasteiger partial charge in [-0.2, -0.15) is 5.10 Å². The third kappa shape index (κ3) is 3.32. The third-order valence-corrected chi connectivity index (χ3v) is 2.33. The number of nitrogens with one attached hydrogen (secondary N) is 1. The van der Waals surface area contributed by atoms with E-state index >= 15 is 0 Å². The molecule has 16 heavy (non-hydrogen) atoms. The second-order valence-corrected chi connectivity index (χ2v) is 3.72. The maximum Gasteiger partial charge on any atom is 0.241 e. The number of rotatable bonds is 5. The highest BCUT2D eigenvalue weighted by molar-refractivity contribution is 5.82. The molecule has 0 spiro atoms. The summed E-state index contributed by atoms with van der Waals surface area (Å²) in [6, 6.07) is -0.683. The molecule has 0 aliphatic rings. The van der Waals surface area contributed by atoms with Crippen LogP contribution < -0.4 is 11.1 Å². The number of carbonyl (C=O) groups excluding carboxylic acids is 1. The predicted molar refractivity (Wildman–Crippen MR) is 59.6 cm³/mol. The lowest BCUT2D eigenvalue weighted by atomic mass is 10.1. The quantitative estimate of drug-likeness (QED) is 0.714. The summed E-state index contributed by atoms with van der Waals surface area (Å²) >= 11 is 0. The summed E-state index contributed by atoms with van der Waals surface area (Å²) < 4.78 is 6.63. The average Bonchev–Trinajstić information content (AvgIpc) is 2.71. The molecule has 0 bridgehead atoms.